The van der Waals surface area contributed by atoms with E-state index in [0.29, 0.717) is 12.1 Å². The Morgan fingerprint density at radius 2 is 1.86 bits per heavy atom. The smallest absolute Gasteiger partial charge is 0.418 e. The Bertz CT molecular complexity index is 609. The topological polar surface area (TPSA) is 68.8 Å². The van der Waals surface area contributed by atoms with Gasteiger partial charge in [0.25, 0.3) is 0 Å². The first-order valence-electron chi connectivity index (χ1n) is 5.21. The van der Waals surface area contributed by atoms with Crippen LogP contribution in [0.5, 0.6) is 5.75 Å². The SMILES string of the molecule is N#CC(C#N)=CNc1cc(OC(F)F)ccc1C(F)(F)F. The largest absolute Gasteiger partial charge is 0.435 e. The zero-order valence-corrected chi connectivity index (χ0v) is 10.1. The number of halogens is 5. The molecule has 0 spiro atoms. The molecule has 1 aromatic rings. The van der Waals surface area contributed by atoms with E-state index in [4.69, 9.17) is 10.5 Å². The summed E-state index contributed by atoms with van der Waals surface area (Å²) in [5.41, 5.74) is -2.26. The lowest BCUT2D eigenvalue weighted by Crippen LogP contribution is -2.10. The van der Waals surface area contributed by atoms with Crippen LogP contribution >= 0.6 is 0 Å². The highest BCUT2D eigenvalue weighted by atomic mass is 19.4. The molecular weight excluding hydrogens is 297 g/mol. The fourth-order valence-electron chi connectivity index (χ4n) is 1.31. The van der Waals surface area contributed by atoms with Gasteiger partial charge >= 0.3 is 12.8 Å². The van der Waals surface area contributed by atoms with Crippen LogP contribution < -0.4 is 10.1 Å². The molecule has 9 heteroatoms. The summed E-state index contributed by atoms with van der Waals surface area (Å²) in [7, 11) is 0. The van der Waals surface area contributed by atoms with Crippen LogP contribution in [0.4, 0.5) is 27.6 Å². The van der Waals surface area contributed by atoms with Crippen molar-refractivity contribution in [1.29, 1.82) is 10.5 Å². The lowest BCUT2D eigenvalue weighted by atomic mass is 10.1. The highest BCUT2D eigenvalue weighted by molar-refractivity contribution is 5.59. The standard InChI is InChI=1S/C12H6F5N3O/c13-11(14)21-8-1-2-9(12(15,16)17)10(3-8)20-6-7(4-18)5-19/h1-3,6,11,20H. The van der Waals surface area contributed by atoms with Crippen molar-refractivity contribution >= 4 is 5.69 Å². The van der Waals surface area contributed by atoms with Gasteiger partial charge in [-0.1, -0.05) is 0 Å². The second-order valence-electron chi connectivity index (χ2n) is 3.51. The van der Waals surface area contributed by atoms with Crippen molar-refractivity contribution in [2.45, 2.75) is 12.8 Å². The number of allylic oxidation sites excluding steroid dienone is 1. The van der Waals surface area contributed by atoms with Gasteiger partial charge in [-0.05, 0) is 12.1 Å². The third-order valence-corrected chi connectivity index (χ3v) is 2.13. The van der Waals surface area contributed by atoms with Gasteiger partial charge in [-0.25, -0.2) is 0 Å². The second kappa shape index (κ2) is 6.57. The van der Waals surface area contributed by atoms with Crippen LogP contribution in [-0.4, -0.2) is 6.61 Å². The summed E-state index contributed by atoms with van der Waals surface area (Å²) in [6.45, 7) is -3.20. The van der Waals surface area contributed by atoms with Crippen molar-refractivity contribution in [3.63, 3.8) is 0 Å². The van der Waals surface area contributed by atoms with Crippen molar-refractivity contribution < 1.29 is 26.7 Å². The predicted molar refractivity (Wildman–Crippen MR) is 61.0 cm³/mol. The minimum Gasteiger partial charge on any atom is -0.435 e. The third-order valence-electron chi connectivity index (χ3n) is 2.13. The molecule has 0 amide bonds. The molecule has 0 unspecified atom stereocenters. The van der Waals surface area contributed by atoms with Gasteiger partial charge in [0.2, 0.25) is 0 Å². The minimum absolute atomic E-state index is 0.483. The molecule has 0 atom stereocenters. The molecule has 0 aliphatic heterocycles. The number of nitriles is 2. The summed E-state index contributed by atoms with van der Waals surface area (Å²) in [6.07, 6.45) is -4.02. The molecule has 0 aliphatic carbocycles. The number of alkyl halides is 5. The molecule has 0 bridgehead atoms. The summed E-state index contributed by atoms with van der Waals surface area (Å²) >= 11 is 0. The molecule has 4 nitrogen and oxygen atoms in total. The lowest BCUT2D eigenvalue weighted by Gasteiger charge is -2.14. The molecule has 1 N–H and O–H groups in total. The molecule has 0 aliphatic rings. The lowest BCUT2D eigenvalue weighted by molar-refractivity contribution is -0.136. The first-order valence-corrected chi connectivity index (χ1v) is 5.21. The van der Waals surface area contributed by atoms with Gasteiger partial charge in [-0.15, -0.1) is 0 Å². The maximum atomic E-state index is 12.8. The van der Waals surface area contributed by atoms with E-state index >= 15 is 0 Å². The van der Waals surface area contributed by atoms with Crippen LogP contribution in [-0.2, 0) is 6.18 Å². The van der Waals surface area contributed by atoms with Gasteiger partial charge in [-0.2, -0.15) is 32.5 Å². The number of nitrogens with one attached hydrogen (secondary N) is 1. The van der Waals surface area contributed by atoms with E-state index in [9.17, 15) is 22.0 Å². The number of rotatable bonds is 4. The summed E-state index contributed by atoms with van der Waals surface area (Å²) in [5, 5.41) is 19.0. The molecule has 1 rings (SSSR count). The van der Waals surface area contributed by atoms with E-state index < -0.39 is 35.4 Å². The minimum atomic E-state index is -4.75. The Kier molecular flexibility index (Phi) is 5.08. The average molecular weight is 303 g/mol. The van der Waals surface area contributed by atoms with Crippen molar-refractivity contribution in [2.24, 2.45) is 0 Å². The number of hydrogen-bond donors (Lipinski definition) is 1. The van der Waals surface area contributed by atoms with Gasteiger partial charge in [0.1, 0.15) is 23.5 Å². The number of nitrogens with zero attached hydrogens (tertiary/aromatic N) is 2. The summed E-state index contributed by atoms with van der Waals surface area (Å²) in [5.74, 6) is -0.496. The van der Waals surface area contributed by atoms with E-state index in [2.05, 4.69) is 10.1 Å². The Hall–Kier alpha value is -2.81. The van der Waals surface area contributed by atoms with Crippen LogP contribution in [0.1, 0.15) is 5.56 Å². The average Bonchev–Trinajstić information content (AvgIpc) is 2.38. The van der Waals surface area contributed by atoms with Gasteiger partial charge < -0.3 is 10.1 Å². The Labute approximate surface area is 115 Å². The monoisotopic (exact) mass is 303 g/mol. The maximum Gasteiger partial charge on any atom is 0.418 e. The summed E-state index contributed by atoms with van der Waals surface area (Å²) < 4.78 is 66.3. The molecule has 1 aromatic carbocycles. The van der Waals surface area contributed by atoms with Crippen molar-refractivity contribution in [1.82, 2.24) is 0 Å². The van der Waals surface area contributed by atoms with Crippen LogP contribution in [0, 0.1) is 22.7 Å². The van der Waals surface area contributed by atoms with Crippen LogP contribution in [0.3, 0.4) is 0 Å². The number of benzene rings is 1. The first-order chi connectivity index (χ1) is 9.77. The fourth-order valence-corrected chi connectivity index (χ4v) is 1.31. The van der Waals surface area contributed by atoms with Crippen molar-refractivity contribution in [2.75, 3.05) is 5.32 Å². The molecular formula is C12H6F5N3O. The molecule has 0 fully saturated rings. The van der Waals surface area contributed by atoms with Crippen molar-refractivity contribution in [3.8, 4) is 17.9 Å². The van der Waals surface area contributed by atoms with Crippen LogP contribution in [0.15, 0.2) is 30.0 Å². The van der Waals surface area contributed by atoms with Gasteiger partial charge in [0.15, 0.2) is 0 Å². The number of anilines is 1. The van der Waals surface area contributed by atoms with Crippen LogP contribution in [0.25, 0.3) is 0 Å². The molecule has 0 saturated carbocycles. The maximum absolute atomic E-state index is 12.8. The zero-order chi connectivity index (χ0) is 16.0. The molecule has 0 heterocycles. The first kappa shape index (κ1) is 16.2. The highest BCUT2D eigenvalue weighted by Gasteiger charge is 2.33. The molecule has 0 radical (unpaired) electrons. The number of hydrogen-bond acceptors (Lipinski definition) is 4. The quantitative estimate of drug-likeness (QED) is 0.681. The van der Waals surface area contributed by atoms with Crippen LogP contribution in [0.2, 0.25) is 0 Å². The normalized spacial score (nSPS) is 10.5. The predicted octanol–water partition coefficient (Wildman–Crippen LogP) is 3.65. The van der Waals surface area contributed by atoms with E-state index in [-0.39, 0.29) is 0 Å². The van der Waals surface area contributed by atoms with Gasteiger partial charge in [0.05, 0.1) is 11.3 Å². The van der Waals surface area contributed by atoms with E-state index in [1.807, 2.05) is 0 Å². The third kappa shape index (κ3) is 4.66. The molecule has 0 aromatic heterocycles. The molecule has 0 saturated heterocycles. The van der Waals surface area contributed by atoms with E-state index in [1.165, 1.54) is 12.1 Å². The highest BCUT2D eigenvalue weighted by Crippen LogP contribution is 2.37. The molecule has 110 valence electrons. The Balaban J connectivity index is 3.21. The second-order valence-corrected chi connectivity index (χ2v) is 3.51. The van der Waals surface area contributed by atoms with E-state index in [0.717, 1.165) is 12.3 Å². The van der Waals surface area contributed by atoms with Crippen molar-refractivity contribution in [3.05, 3.63) is 35.5 Å². The van der Waals surface area contributed by atoms with Gasteiger partial charge in [0, 0.05) is 12.3 Å². The van der Waals surface area contributed by atoms with Gasteiger partial charge in [-0.3, -0.25) is 0 Å². The number of ether oxygens (including phenoxy) is 1. The van der Waals surface area contributed by atoms with E-state index in [1.54, 1.807) is 0 Å². The zero-order valence-electron chi connectivity index (χ0n) is 10.1. The fraction of sp³-hybridized carbons (Fsp3) is 0.167. The molecule has 21 heavy (non-hydrogen) atoms. The Morgan fingerprint density at radius 3 is 2.33 bits per heavy atom. The Morgan fingerprint density at radius 1 is 1.24 bits per heavy atom. The summed E-state index contributed by atoms with van der Waals surface area (Å²) in [4.78, 5) is 0. The summed E-state index contributed by atoms with van der Waals surface area (Å²) in [6, 6.07) is 4.84.